The number of likely N-dealkylation sites (N-methyl/N-ethyl adjacent to an activating group) is 1. The van der Waals surface area contributed by atoms with Crippen LogP contribution in [0.15, 0.2) is 48.9 Å². The van der Waals surface area contributed by atoms with Gasteiger partial charge in [0.15, 0.2) is 6.10 Å². The van der Waals surface area contributed by atoms with Crippen LogP contribution in [-0.4, -0.2) is 34.8 Å². The predicted octanol–water partition coefficient (Wildman–Crippen LogP) is 1.18. The fourth-order valence-electron chi connectivity index (χ4n) is 1.77. The lowest BCUT2D eigenvalue weighted by atomic mass is 10.1. The minimum atomic E-state index is -0.694. The first-order valence-corrected chi connectivity index (χ1v) is 6.11. The maximum absolute atomic E-state index is 10.2. The van der Waals surface area contributed by atoms with Crippen molar-refractivity contribution in [1.29, 1.82) is 0 Å². The summed E-state index contributed by atoms with van der Waals surface area (Å²) >= 11 is 0. The van der Waals surface area contributed by atoms with Crippen molar-refractivity contribution in [2.24, 2.45) is 0 Å². The minimum absolute atomic E-state index is 0.418. The number of aromatic nitrogens is 2. The number of hydrogen-bond donors (Lipinski definition) is 2. The average Bonchev–Trinajstić information content (AvgIpc) is 2.47. The van der Waals surface area contributed by atoms with Gasteiger partial charge in [-0.1, -0.05) is 18.2 Å². The zero-order chi connectivity index (χ0) is 13.5. The van der Waals surface area contributed by atoms with Crippen LogP contribution in [-0.2, 0) is 0 Å². The Hall–Kier alpha value is -1.98. The van der Waals surface area contributed by atoms with Gasteiger partial charge in [-0.3, -0.25) is 0 Å². The van der Waals surface area contributed by atoms with E-state index in [0.29, 0.717) is 18.0 Å². The number of hydrogen-bond acceptors (Lipinski definition) is 5. The topological polar surface area (TPSA) is 67.3 Å². The highest BCUT2D eigenvalue weighted by molar-refractivity contribution is 5.22. The fraction of sp³-hybridized carbons (Fsp3) is 0.286. The van der Waals surface area contributed by atoms with Crippen molar-refractivity contribution in [3.05, 3.63) is 54.6 Å². The van der Waals surface area contributed by atoms with Crippen LogP contribution in [0.4, 0.5) is 0 Å². The monoisotopic (exact) mass is 259 g/mol. The summed E-state index contributed by atoms with van der Waals surface area (Å²) in [5, 5.41) is 13.1. The maximum atomic E-state index is 10.2. The predicted molar refractivity (Wildman–Crippen MR) is 71.8 cm³/mol. The summed E-state index contributed by atoms with van der Waals surface area (Å²) in [5.41, 5.74) is 0.654. The number of aliphatic hydroxyl groups excluding tert-OH is 1. The van der Waals surface area contributed by atoms with Crippen molar-refractivity contribution < 1.29 is 9.84 Å². The Kier molecular flexibility index (Phi) is 4.83. The molecule has 2 rings (SSSR count). The van der Waals surface area contributed by atoms with E-state index >= 15 is 0 Å². The van der Waals surface area contributed by atoms with E-state index in [1.54, 1.807) is 19.3 Å². The number of nitrogens with zero attached hydrogens (tertiary/aromatic N) is 2. The van der Waals surface area contributed by atoms with Crippen LogP contribution in [0.2, 0.25) is 0 Å². The largest absolute Gasteiger partial charge is 0.481 e. The Morgan fingerprint density at radius 3 is 2.68 bits per heavy atom. The summed E-state index contributed by atoms with van der Waals surface area (Å²) in [7, 11) is 1.78. The van der Waals surface area contributed by atoms with Gasteiger partial charge in [0.1, 0.15) is 18.2 Å². The van der Waals surface area contributed by atoms with Crippen molar-refractivity contribution in [3.63, 3.8) is 0 Å². The van der Waals surface area contributed by atoms with E-state index in [9.17, 15) is 5.11 Å². The van der Waals surface area contributed by atoms with Gasteiger partial charge < -0.3 is 15.2 Å². The van der Waals surface area contributed by atoms with Crippen LogP contribution in [0.25, 0.3) is 0 Å². The molecule has 0 amide bonds. The van der Waals surface area contributed by atoms with Crippen LogP contribution >= 0.6 is 0 Å². The molecular formula is C14H17N3O2. The van der Waals surface area contributed by atoms with Gasteiger partial charge in [-0.05, 0) is 25.2 Å². The molecule has 1 heterocycles. The fourth-order valence-corrected chi connectivity index (χ4v) is 1.77. The summed E-state index contributed by atoms with van der Waals surface area (Å²) in [6.45, 7) is 0.418. The molecular weight excluding hydrogens is 242 g/mol. The lowest BCUT2D eigenvalue weighted by molar-refractivity contribution is 0.0344. The summed E-state index contributed by atoms with van der Waals surface area (Å²) in [5.74, 6) is 0.696. The Labute approximate surface area is 112 Å². The highest BCUT2D eigenvalue weighted by Gasteiger charge is 2.23. The van der Waals surface area contributed by atoms with Crippen molar-refractivity contribution in [2.45, 2.75) is 12.2 Å². The van der Waals surface area contributed by atoms with Crippen LogP contribution in [0.5, 0.6) is 5.75 Å². The minimum Gasteiger partial charge on any atom is -0.481 e. The van der Waals surface area contributed by atoms with Crippen molar-refractivity contribution in [3.8, 4) is 5.75 Å². The van der Waals surface area contributed by atoms with Crippen molar-refractivity contribution in [2.75, 3.05) is 13.6 Å². The molecule has 100 valence electrons. The summed E-state index contributed by atoms with van der Waals surface area (Å²) in [4.78, 5) is 8.03. The molecule has 1 aromatic heterocycles. The third-order valence-corrected chi connectivity index (χ3v) is 2.67. The number of aliphatic hydroxyl groups is 1. The lowest BCUT2D eigenvalue weighted by Crippen LogP contribution is -2.33. The van der Waals surface area contributed by atoms with Crippen molar-refractivity contribution in [1.82, 2.24) is 15.3 Å². The molecule has 1 aromatic carbocycles. The van der Waals surface area contributed by atoms with E-state index in [1.165, 1.54) is 6.33 Å². The number of nitrogens with one attached hydrogen (secondary N) is 1. The highest BCUT2D eigenvalue weighted by atomic mass is 16.5. The Bertz CT molecular complexity index is 479. The first kappa shape index (κ1) is 13.5. The molecule has 19 heavy (non-hydrogen) atoms. The Balaban J connectivity index is 2.20. The van der Waals surface area contributed by atoms with E-state index < -0.39 is 12.2 Å². The molecule has 5 nitrogen and oxygen atoms in total. The molecule has 0 spiro atoms. The zero-order valence-corrected chi connectivity index (χ0v) is 10.7. The van der Waals surface area contributed by atoms with Crippen molar-refractivity contribution >= 4 is 0 Å². The normalized spacial score (nSPS) is 13.8. The molecule has 0 aliphatic heterocycles. The highest BCUT2D eigenvalue weighted by Crippen LogP contribution is 2.22. The standard InChI is InChI=1S/C14H17N3O2/c1-15-9-13(18)14(12-7-8-16-10-17-12)19-11-5-3-2-4-6-11/h2-8,10,13-15,18H,9H2,1H3. The second kappa shape index (κ2) is 6.82. The molecule has 0 bridgehead atoms. The van der Waals surface area contributed by atoms with E-state index in [0.717, 1.165) is 0 Å². The lowest BCUT2D eigenvalue weighted by Gasteiger charge is -2.23. The van der Waals surface area contributed by atoms with E-state index in [1.807, 2.05) is 30.3 Å². The molecule has 0 fully saturated rings. The molecule has 0 radical (unpaired) electrons. The second-order valence-corrected chi connectivity index (χ2v) is 4.11. The number of rotatable bonds is 6. The molecule has 0 saturated carbocycles. The summed E-state index contributed by atoms with van der Waals surface area (Å²) in [6.07, 6.45) is 1.86. The average molecular weight is 259 g/mol. The van der Waals surface area contributed by atoms with Gasteiger partial charge in [0.2, 0.25) is 0 Å². The van der Waals surface area contributed by atoms with Crippen LogP contribution in [0.1, 0.15) is 11.8 Å². The Morgan fingerprint density at radius 2 is 2.05 bits per heavy atom. The number of benzene rings is 1. The molecule has 0 aliphatic carbocycles. The van der Waals surface area contributed by atoms with E-state index in [-0.39, 0.29) is 0 Å². The first-order chi connectivity index (χ1) is 9.31. The van der Waals surface area contributed by atoms with Gasteiger partial charge in [-0.2, -0.15) is 0 Å². The zero-order valence-electron chi connectivity index (χ0n) is 10.7. The van der Waals surface area contributed by atoms with E-state index in [2.05, 4.69) is 15.3 Å². The second-order valence-electron chi connectivity index (χ2n) is 4.11. The van der Waals surface area contributed by atoms with Gasteiger partial charge in [0.05, 0.1) is 5.69 Å². The van der Waals surface area contributed by atoms with E-state index in [4.69, 9.17) is 4.74 Å². The van der Waals surface area contributed by atoms with Gasteiger partial charge in [0, 0.05) is 12.7 Å². The van der Waals surface area contributed by atoms with Gasteiger partial charge in [0.25, 0.3) is 0 Å². The molecule has 2 N–H and O–H groups in total. The molecule has 5 heteroatoms. The summed E-state index contributed by atoms with van der Waals surface area (Å²) < 4.78 is 5.83. The SMILES string of the molecule is CNCC(O)C(Oc1ccccc1)c1ccncn1. The third kappa shape index (κ3) is 3.74. The number of ether oxygens (including phenoxy) is 1. The van der Waals surface area contributed by atoms with Crippen LogP contribution in [0.3, 0.4) is 0 Å². The first-order valence-electron chi connectivity index (χ1n) is 6.11. The molecule has 0 aliphatic rings. The quantitative estimate of drug-likeness (QED) is 0.815. The van der Waals surface area contributed by atoms with Crippen LogP contribution in [0, 0.1) is 0 Å². The van der Waals surface area contributed by atoms with Gasteiger partial charge in [-0.25, -0.2) is 9.97 Å². The third-order valence-electron chi connectivity index (χ3n) is 2.67. The molecule has 0 saturated heterocycles. The Morgan fingerprint density at radius 1 is 1.26 bits per heavy atom. The number of para-hydroxylation sites is 1. The summed E-state index contributed by atoms with van der Waals surface area (Å²) in [6, 6.07) is 11.1. The van der Waals surface area contributed by atoms with Gasteiger partial charge in [-0.15, -0.1) is 0 Å². The molecule has 2 atom stereocenters. The van der Waals surface area contributed by atoms with Gasteiger partial charge >= 0.3 is 0 Å². The van der Waals surface area contributed by atoms with Crippen LogP contribution < -0.4 is 10.1 Å². The molecule has 2 aromatic rings. The smallest absolute Gasteiger partial charge is 0.168 e. The maximum Gasteiger partial charge on any atom is 0.168 e. The molecule has 2 unspecified atom stereocenters.